The van der Waals surface area contributed by atoms with Crippen LogP contribution in [0, 0.1) is 0 Å². The summed E-state index contributed by atoms with van der Waals surface area (Å²) in [6.45, 7) is 5.17. The van der Waals surface area contributed by atoms with E-state index in [4.69, 9.17) is 23.7 Å². The first-order valence-electron chi connectivity index (χ1n) is 10.0. The molecule has 7 heteroatoms. The zero-order valence-corrected chi connectivity index (χ0v) is 17.5. The number of rotatable bonds is 7. The summed E-state index contributed by atoms with van der Waals surface area (Å²) < 4.78 is 28.1. The lowest BCUT2D eigenvalue weighted by molar-refractivity contribution is -0.152. The highest BCUT2D eigenvalue weighted by molar-refractivity contribution is 5.82. The van der Waals surface area contributed by atoms with Crippen LogP contribution in [0.2, 0.25) is 0 Å². The molecular formula is C23H27NO6. The van der Waals surface area contributed by atoms with Gasteiger partial charge in [-0.1, -0.05) is 36.4 Å². The second kappa shape index (κ2) is 8.63. The number of carbonyl (C=O) groups excluding carboxylic acids is 1. The summed E-state index contributed by atoms with van der Waals surface area (Å²) >= 11 is 0. The lowest BCUT2D eigenvalue weighted by Gasteiger charge is -2.29. The van der Waals surface area contributed by atoms with Crippen molar-refractivity contribution in [2.75, 3.05) is 27.1 Å². The maximum Gasteiger partial charge on any atom is 0.256 e. The normalized spacial score (nSPS) is 20.2. The van der Waals surface area contributed by atoms with Crippen molar-refractivity contribution < 1.29 is 28.5 Å². The van der Waals surface area contributed by atoms with E-state index in [0.29, 0.717) is 31.2 Å². The molecule has 0 unspecified atom stereocenters. The molecule has 160 valence electrons. The van der Waals surface area contributed by atoms with Crippen LogP contribution in [0.4, 0.5) is 0 Å². The lowest BCUT2D eigenvalue weighted by Crippen LogP contribution is -2.41. The van der Waals surface area contributed by atoms with Gasteiger partial charge >= 0.3 is 0 Å². The molecule has 4 rings (SSSR count). The van der Waals surface area contributed by atoms with Crippen molar-refractivity contribution >= 4 is 5.91 Å². The van der Waals surface area contributed by atoms with Crippen LogP contribution in [0.3, 0.4) is 0 Å². The van der Waals surface area contributed by atoms with Crippen LogP contribution < -0.4 is 9.47 Å². The Hall–Kier alpha value is -2.61. The fraction of sp³-hybridized carbons (Fsp3) is 0.435. The van der Waals surface area contributed by atoms with E-state index in [1.54, 1.807) is 12.0 Å². The molecule has 1 fully saturated rings. The van der Waals surface area contributed by atoms with E-state index in [-0.39, 0.29) is 18.8 Å². The van der Waals surface area contributed by atoms with Gasteiger partial charge in [-0.3, -0.25) is 4.79 Å². The molecule has 2 aliphatic heterocycles. The van der Waals surface area contributed by atoms with E-state index in [2.05, 4.69) is 0 Å². The van der Waals surface area contributed by atoms with Gasteiger partial charge in [0.15, 0.2) is 23.4 Å². The first-order chi connectivity index (χ1) is 14.4. The van der Waals surface area contributed by atoms with Gasteiger partial charge in [0.2, 0.25) is 6.79 Å². The Morgan fingerprint density at radius 2 is 1.93 bits per heavy atom. The Morgan fingerprint density at radius 3 is 2.63 bits per heavy atom. The number of nitrogens with zero attached hydrogens (tertiary/aromatic N) is 1. The minimum Gasteiger partial charge on any atom is -0.454 e. The molecule has 0 aromatic heterocycles. The number of carbonyl (C=O) groups is 1. The lowest BCUT2D eigenvalue weighted by atomic mass is 10.1. The van der Waals surface area contributed by atoms with E-state index in [1.165, 1.54) is 0 Å². The summed E-state index contributed by atoms with van der Waals surface area (Å²) in [4.78, 5) is 15.3. The highest BCUT2D eigenvalue weighted by Gasteiger charge is 2.36. The maximum absolute atomic E-state index is 13.5. The van der Waals surface area contributed by atoms with Crippen molar-refractivity contribution in [3.63, 3.8) is 0 Å². The van der Waals surface area contributed by atoms with Gasteiger partial charge in [0.05, 0.1) is 6.61 Å². The van der Waals surface area contributed by atoms with Gasteiger partial charge in [-0.2, -0.15) is 0 Å². The van der Waals surface area contributed by atoms with Gasteiger partial charge in [0.1, 0.15) is 6.10 Å². The van der Waals surface area contributed by atoms with E-state index < -0.39 is 11.9 Å². The van der Waals surface area contributed by atoms with Gasteiger partial charge in [-0.15, -0.1) is 0 Å². The summed E-state index contributed by atoms with van der Waals surface area (Å²) in [5.74, 6) is 0.616. The highest BCUT2D eigenvalue weighted by Crippen LogP contribution is 2.33. The maximum atomic E-state index is 13.5. The fourth-order valence-electron chi connectivity index (χ4n) is 3.76. The third-order valence-electron chi connectivity index (χ3n) is 5.18. The molecule has 0 bridgehead atoms. The van der Waals surface area contributed by atoms with Gasteiger partial charge < -0.3 is 28.6 Å². The number of methoxy groups -OCH3 is 1. The fourth-order valence-corrected chi connectivity index (χ4v) is 3.76. The molecule has 0 aliphatic carbocycles. The minimum absolute atomic E-state index is 0.130. The minimum atomic E-state index is -0.699. The quantitative estimate of drug-likeness (QED) is 0.694. The predicted octanol–water partition coefficient (Wildman–Crippen LogP) is 3.28. The van der Waals surface area contributed by atoms with E-state index in [1.807, 2.05) is 62.4 Å². The molecule has 0 saturated carbocycles. The molecule has 7 nitrogen and oxygen atoms in total. The number of hydrogen-bond acceptors (Lipinski definition) is 6. The van der Waals surface area contributed by atoms with Crippen LogP contribution in [0.1, 0.15) is 31.1 Å². The highest BCUT2D eigenvalue weighted by atomic mass is 16.7. The molecule has 2 aromatic carbocycles. The average Bonchev–Trinajstić information content (AvgIpc) is 3.34. The van der Waals surface area contributed by atoms with Crippen LogP contribution >= 0.6 is 0 Å². The molecular weight excluding hydrogens is 386 g/mol. The molecule has 2 heterocycles. The predicted molar refractivity (Wildman–Crippen MR) is 109 cm³/mol. The number of fused-ring (bicyclic) bond motifs is 1. The summed E-state index contributed by atoms with van der Waals surface area (Å²) in [7, 11) is 1.55. The SMILES string of the molecule is CO[C@@H](C(=O)N(Cc1ccc2c(c1)OCO2)C[C@@H]1COC(C)(C)O1)c1ccccc1. The van der Waals surface area contributed by atoms with Crippen molar-refractivity contribution in [3.8, 4) is 11.5 Å². The van der Waals surface area contributed by atoms with Crippen molar-refractivity contribution in [1.82, 2.24) is 4.90 Å². The first kappa shape index (κ1) is 20.7. The molecule has 2 aromatic rings. The Bertz CT molecular complexity index is 885. The molecule has 1 saturated heterocycles. The molecule has 0 spiro atoms. The van der Waals surface area contributed by atoms with E-state index in [9.17, 15) is 4.79 Å². The second-order valence-corrected chi connectivity index (χ2v) is 7.88. The van der Waals surface area contributed by atoms with Crippen molar-refractivity contribution in [1.29, 1.82) is 0 Å². The third-order valence-corrected chi connectivity index (χ3v) is 5.18. The summed E-state index contributed by atoms with van der Waals surface area (Å²) in [6.07, 6.45) is -0.915. The topological polar surface area (TPSA) is 66.5 Å². The van der Waals surface area contributed by atoms with Crippen LogP contribution in [0.5, 0.6) is 11.5 Å². The van der Waals surface area contributed by atoms with Crippen LogP contribution in [0.15, 0.2) is 48.5 Å². The largest absolute Gasteiger partial charge is 0.454 e. The number of ether oxygens (including phenoxy) is 5. The molecule has 30 heavy (non-hydrogen) atoms. The van der Waals surface area contributed by atoms with Crippen molar-refractivity contribution in [3.05, 3.63) is 59.7 Å². The number of benzene rings is 2. The third kappa shape index (κ3) is 4.59. The van der Waals surface area contributed by atoms with Gasteiger partial charge in [0.25, 0.3) is 5.91 Å². The van der Waals surface area contributed by atoms with E-state index in [0.717, 1.165) is 11.1 Å². The second-order valence-electron chi connectivity index (χ2n) is 7.88. The number of hydrogen-bond donors (Lipinski definition) is 0. The van der Waals surface area contributed by atoms with E-state index >= 15 is 0 Å². The van der Waals surface area contributed by atoms with Crippen LogP contribution in [-0.2, 0) is 25.5 Å². The zero-order chi connectivity index (χ0) is 21.1. The van der Waals surface area contributed by atoms with Gasteiger partial charge in [-0.25, -0.2) is 0 Å². The van der Waals surface area contributed by atoms with Crippen LogP contribution in [-0.4, -0.2) is 49.8 Å². The monoisotopic (exact) mass is 413 g/mol. The molecule has 2 aliphatic rings. The summed E-state index contributed by atoms with van der Waals surface area (Å²) in [5, 5.41) is 0. The Morgan fingerprint density at radius 1 is 1.17 bits per heavy atom. The number of amides is 1. The Labute approximate surface area is 176 Å². The molecule has 0 N–H and O–H groups in total. The Kier molecular flexibility index (Phi) is 5.94. The van der Waals surface area contributed by atoms with Crippen LogP contribution in [0.25, 0.3) is 0 Å². The summed E-state index contributed by atoms with van der Waals surface area (Å²) in [6, 6.07) is 15.2. The smallest absolute Gasteiger partial charge is 0.256 e. The zero-order valence-electron chi connectivity index (χ0n) is 17.5. The van der Waals surface area contributed by atoms with Gasteiger partial charge in [-0.05, 0) is 37.1 Å². The average molecular weight is 413 g/mol. The molecule has 2 atom stereocenters. The van der Waals surface area contributed by atoms with Crippen molar-refractivity contribution in [2.24, 2.45) is 0 Å². The Balaban J connectivity index is 1.57. The molecule has 0 radical (unpaired) electrons. The first-order valence-corrected chi connectivity index (χ1v) is 10.0. The van der Waals surface area contributed by atoms with Crippen molar-refractivity contribution in [2.45, 2.75) is 38.4 Å². The summed E-state index contributed by atoms with van der Waals surface area (Å²) in [5.41, 5.74) is 1.75. The standard InChI is InChI=1S/C23H27NO6/c1-23(2)29-14-18(30-23)13-24(12-16-9-10-19-20(11-16)28-15-27-19)22(25)21(26-3)17-7-5-4-6-8-17/h4-11,18,21H,12-15H2,1-3H3/t18-,21-/m1/s1. The van der Waals surface area contributed by atoms with Gasteiger partial charge in [0, 0.05) is 20.2 Å². The molecule has 1 amide bonds.